The van der Waals surface area contributed by atoms with E-state index in [0.29, 0.717) is 27.5 Å². The third kappa shape index (κ3) is 4.96. The van der Waals surface area contributed by atoms with Crippen molar-refractivity contribution in [2.45, 2.75) is 88.5 Å². The van der Waals surface area contributed by atoms with Crippen LogP contribution in [0.4, 0.5) is 0 Å². The fourth-order valence-corrected chi connectivity index (χ4v) is 7.80. The van der Waals surface area contributed by atoms with E-state index in [2.05, 4.69) is 6.58 Å². The molecule has 3 saturated heterocycles. The maximum Gasteiger partial charge on any atom is 0.344 e. The van der Waals surface area contributed by atoms with Gasteiger partial charge in [-0.3, -0.25) is 0 Å². The highest BCUT2D eigenvalue weighted by Gasteiger charge is 2.55. The average Bonchev–Trinajstić information content (AvgIpc) is 3.59. The first-order chi connectivity index (χ1) is 25.0. The normalized spacial score (nSPS) is 32.7. The van der Waals surface area contributed by atoms with Crippen molar-refractivity contribution in [1.29, 1.82) is 0 Å². The van der Waals surface area contributed by atoms with Gasteiger partial charge in [0.1, 0.15) is 35.2 Å². The summed E-state index contributed by atoms with van der Waals surface area (Å²) >= 11 is 0. The predicted molar refractivity (Wildman–Crippen MR) is 182 cm³/mol. The molecule has 0 aliphatic carbocycles. The molecule has 9 rings (SSSR count). The van der Waals surface area contributed by atoms with E-state index in [9.17, 15) is 25.2 Å². The lowest BCUT2D eigenvalue weighted by Crippen LogP contribution is -2.65. The lowest BCUT2D eigenvalue weighted by molar-refractivity contribution is -0.490. The Kier molecular flexibility index (Phi) is 7.84. The highest BCUT2D eigenvalue weighted by atomic mass is 16.8. The van der Waals surface area contributed by atoms with Gasteiger partial charge in [-0.2, -0.15) is 0 Å². The largest absolute Gasteiger partial charge is 0.848 e. The number of hydrogen-bond donors (Lipinski definition) is 3. The Morgan fingerprint density at radius 2 is 1.56 bits per heavy atom. The molecule has 4 aromatic carbocycles. The van der Waals surface area contributed by atoms with Gasteiger partial charge >= 0.3 is 5.63 Å². The quantitative estimate of drug-likeness (QED) is 0.178. The predicted octanol–water partition coefficient (Wildman–Crippen LogP) is 3.66. The molecule has 5 aromatic rings. The van der Waals surface area contributed by atoms with E-state index >= 15 is 0 Å². The molecule has 52 heavy (non-hydrogen) atoms. The van der Waals surface area contributed by atoms with Gasteiger partial charge < -0.3 is 58.0 Å². The molecule has 4 aliphatic rings. The summed E-state index contributed by atoms with van der Waals surface area (Å²) in [5.41, 5.74) is 1.24. The zero-order valence-corrected chi connectivity index (χ0v) is 28.3. The highest BCUT2D eigenvalue weighted by Crippen LogP contribution is 2.51. The molecule has 6 unspecified atom stereocenters. The number of benzene rings is 4. The number of phenolic OH excluding ortho intramolecular Hbond substituents is 1. The molecule has 0 saturated carbocycles. The van der Waals surface area contributed by atoms with Crippen LogP contribution in [0.15, 0.2) is 76.5 Å². The first-order valence-electron chi connectivity index (χ1n) is 17.1. The summed E-state index contributed by atoms with van der Waals surface area (Å²) in [4.78, 5) is 13.6. The summed E-state index contributed by atoms with van der Waals surface area (Å²) in [7, 11) is 0. The van der Waals surface area contributed by atoms with Crippen LogP contribution >= 0.6 is 0 Å². The number of aryl methyl sites for hydroxylation is 1. The first-order valence-corrected chi connectivity index (χ1v) is 17.1. The van der Waals surface area contributed by atoms with E-state index in [0.717, 1.165) is 5.56 Å². The number of phenols is 1. The second-order valence-corrected chi connectivity index (χ2v) is 13.7. The van der Waals surface area contributed by atoms with Crippen molar-refractivity contribution < 1.29 is 58.0 Å². The van der Waals surface area contributed by atoms with Crippen LogP contribution < -0.4 is 20.2 Å². The van der Waals surface area contributed by atoms with Gasteiger partial charge in [-0.05, 0) is 38.5 Å². The zero-order valence-electron chi connectivity index (χ0n) is 28.3. The second-order valence-electron chi connectivity index (χ2n) is 13.7. The Bertz CT molecular complexity index is 2300. The Balaban J connectivity index is 1.18. The van der Waals surface area contributed by atoms with Gasteiger partial charge in [0.25, 0.3) is 0 Å². The van der Waals surface area contributed by atoms with Crippen molar-refractivity contribution in [3.63, 3.8) is 0 Å². The van der Waals surface area contributed by atoms with E-state index in [1.807, 2.05) is 30.3 Å². The summed E-state index contributed by atoms with van der Waals surface area (Å²) in [6, 6.07) is 17.7. The summed E-state index contributed by atoms with van der Waals surface area (Å²) < 4.78 is 50.0. The second kappa shape index (κ2) is 12.3. The average molecular weight is 712 g/mol. The fourth-order valence-electron chi connectivity index (χ4n) is 7.80. The van der Waals surface area contributed by atoms with Gasteiger partial charge in [0, 0.05) is 21.7 Å². The van der Waals surface area contributed by atoms with E-state index in [1.54, 1.807) is 44.2 Å². The van der Waals surface area contributed by atoms with Crippen LogP contribution in [-0.4, -0.2) is 76.7 Å². The molecule has 13 nitrogen and oxygen atoms in total. The van der Waals surface area contributed by atoms with Crippen molar-refractivity contribution in [3.05, 3.63) is 94.4 Å². The van der Waals surface area contributed by atoms with Crippen molar-refractivity contribution >= 4 is 38.3 Å². The molecule has 1 aromatic heterocycles. The lowest BCUT2D eigenvalue weighted by Gasteiger charge is -2.48. The minimum Gasteiger partial charge on any atom is -0.848 e. The Hall–Kier alpha value is -4.57. The summed E-state index contributed by atoms with van der Waals surface area (Å²) in [5, 5.41) is 47.5. The van der Waals surface area contributed by atoms with Crippen LogP contribution in [0.25, 0.3) is 38.3 Å². The van der Waals surface area contributed by atoms with Crippen LogP contribution in [0, 0.1) is 6.92 Å². The van der Waals surface area contributed by atoms with Crippen LogP contribution in [0.1, 0.15) is 36.8 Å². The van der Waals surface area contributed by atoms with Crippen LogP contribution in [0.5, 0.6) is 17.2 Å². The molecular formula is C39H35O13-. The van der Waals surface area contributed by atoms with Crippen molar-refractivity contribution in [2.24, 2.45) is 0 Å². The van der Waals surface area contributed by atoms with E-state index in [1.165, 1.54) is 6.92 Å². The number of aliphatic hydroxyl groups is 2. The molecule has 4 aliphatic heterocycles. The number of fused-ring (bicyclic) bond motifs is 3. The Morgan fingerprint density at radius 3 is 2.35 bits per heavy atom. The number of aromatic hydroxyl groups is 1. The number of hydrogen-bond acceptors (Lipinski definition) is 13. The Morgan fingerprint density at radius 1 is 0.808 bits per heavy atom. The molecule has 270 valence electrons. The molecule has 0 bridgehead atoms. The third-order valence-electron chi connectivity index (χ3n) is 10.4. The monoisotopic (exact) mass is 711 g/mol. The number of rotatable bonds is 5. The van der Waals surface area contributed by atoms with E-state index in [-0.39, 0.29) is 39.2 Å². The van der Waals surface area contributed by atoms with E-state index < -0.39 is 73.3 Å². The smallest absolute Gasteiger partial charge is 0.344 e. The van der Waals surface area contributed by atoms with Gasteiger partial charge in [-0.25, -0.2) is 4.79 Å². The summed E-state index contributed by atoms with van der Waals surface area (Å²) in [5.74, 6) is 0.577. The molecule has 0 amide bonds. The topological polar surface area (TPSA) is 179 Å². The molecule has 0 radical (unpaired) electrons. The molecular weight excluding hydrogens is 676 g/mol. The van der Waals surface area contributed by atoms with Gasteiger partial charge in [-0.1, -0.05) is 61.2 Å². The summed E-state index contributed by atoms with van der Waals surface area (Å²) in [6.45, 7) is 9.13. The minimum atomic E-state index is -1.81. The molecule has 5 heterocycles. The van der Waals surface area contributed by atoms with Crippen molar-refractivity contribution in [3.8, 4) is 17.2 Å². The third-order valence-corrected chi connectivity index (χ3v) is 10.4. The standard InChI is InChI=1S/C39H35O13/c1-15-13-14-22-26-23(15)36(44)49-33-25-20(29(41)24(27(26)33)16(2)45-22)11-8-12-21(25)48-39-35(52-38-31(43)30(42)28(40)17(3)46-38)34-32(18(4)47-39)50-37(51-34)19-9-6-5-7-10-19/h5-14,17-18,28,30-32,34-35,37-41,43H,2H2,1,3-4H3/q-1/t17?,18-,28-,30?,31?,32+,34?,35?,37?,38-,39+/m0/s1. The summed E-state index contributed by atoms with van der Waals surface area (Å²) in [6.07, 6.45) is -12.8. The van der Waals surface area contributed by atoms with Gasteiger partial charge in [-0.15, -0.1) is 0 Å². The molecule has 13 heteroatoms. The van der Waals surface area contributed by atoms with Crippen LogP contribution in [0.2, 0.25) is 0 Å². The minimum absolute atomic E-state index is 0.138. The lowest BCUT2D eigenvalue weighted by atomic mass is 9.92. The zero-order chi connectivity index (χ0) is 36.2. The Labute approximate surface area is 296 Å². The van der Waals surface area contributed by atoms with Crippen LogP contribution in [-0.2, 0) is 23.7 Å². The number of aliphatic hydroxyl groups excluding tert-OH is 2. The molecule has 3 fully saturated rings. The first kappa shape index (κ1) is 33.3. The van der Waals surface area contributed by atoms with Crippen LogP contribution in [0.3, 0.4) is 0 Å². The van der Waals surface area contributed by atoms with Crippen molar-refractivity contribution in [2.75, 3.05) is 0 Å². The molecule has 0 spiro atoms. The molecule has 3 N–H and O–H groups in total. The molecule has 11 atom stereocenters. The SMILES string of the molecule is C=C1Oc2ccc(C)c3c(=O)oc4c5c(O[C@H]6O[C@@H](C)[C@H]7OC(c8ccccc8)OC7C6O[C@@H]6OC(C)[C@H](O)C([O-])C6O)cccc5c(O)c1c4c23. The van der Waals surface area contributed by atoms with E-state index in [4.69, 9.17) is 37.6 Å². The maximum atomic E-state index is 13.6. The fraction of sp³-hybridized carbons (Fsp3) is 0.359. The maximum absolute atomic E-state index is 13.6. The van der Waals surface area contributed by atoms with Crippen molar-refractivity contribution in [1.82, 2.24) is 0 Å². The van der Waals surface area contributed by atoms with Gasteiger partial charge in [0.05, 0.1) is 40.8 Å². The van der Waals surface area contributed by atoms with Gasteiger partial charge in [0.2, 0.25) is 6.29 Å². The highest BCUT2D eigenvalue weighted by molar-refractivity contribution is 6.24. The number of ether oxygens (including phenoxy) is 7. The van der Waals surface area contributed by atoms with Gasteiger partial charge in [0.15, 0.2) is 24.3 Å².